The zero-order valence-corrected chi connectivity index (χ0v) is 12.9. The third-order valence-electron chi connectivity index (χ3n) is 1.49. The predicted molar refractivity (Wildman–Crippen MR) is 63.3 cm³/mol. The second-order valence-corrected chi connectivity index (χ2v) is 4.40. The minimum absolute atomic E-state index is 0. The molecule has 0 aromatic carbocycles. The van der Waals surface area contributed by atoms with Gasteiger partial charge in [0.2, 0.25) is 0 Å². The molecule has 0 saturated heterocycles. The molecule has 0 heterocycles. The van der Waals surface area contributed by atoms with E-state index in [1.165, 1.54) is 18.7 Å². The zero-order valence-electron chi connectivity index (χ0n) is 9.34. The average molecular weight is 459 g/mol. The zero-order chi connectivity index (χ0) is 11.2. The minimum atomic E-state index is -1.16. The Morgan fingerprint density at radius 3 is 2.44 bits per heavy atom. The van der Waals surface area contributed by atoms with E-state index in [4.69, 9.17) is 16.6 Å². The predicted octanol–water partition coefficient (Wildman–Crippen LogP) is -0.926. The number of aliphatic imine (C=N–C) groups is 1. The van der Waals surface area contributed by atoms with Crippen molar-refractivity contribution in [2.24, 2.45) is 16.5 Å². The van der Waals surface area contributed by atoms with Gasteiger partial charge in [-0.05, 0) is 13.8 Å². The summed E-state index contributed by atoms with van der Waals surface area (Å²) in [4.78, 5) is 14.6. The molecule has 0 aliphatic heterocycles. The van der Waals surface area contributed by atoms with Crippen LogP contribution in [0.5, 0.6) is 0 Å². The van der Waals surface area contributed by atoms with Gasteiger partial charge in [0.25, 0.3) is 0 Å². The van der Waals surface area contributed by atoms with Gasteiger partial charge in [-0.15, -0.1) is 0 Å². The monoisotopic (exact) mass is 459 g/mol. The second kappa shape index (κ2) is 11.4. The number of hydrogen-bond donors (Lipinski definition) is 3. The van der Waals surface area contributed by atoms with Crippen LogP contribution in [0.2, 0.25) is 0 Å². The molecule has 1 atom stereocenters. The summed E-state index contributed by atoms with van der Waals surface area (Å²) in [6.45, 7) is 3.82. The van der Waals surface area contributed by atoms with Gasteiger partial charge < -0.3 is 22.1 Å². The molecule has 0 radical (unpaired) electrons. The largest absolute Gasteiger partial charge is 0.480 e. The van der Waals surface area contributed by atoms with Gasteiger partial charge in [0.15, 0.2) is 0 Å². The Morgan fingerprint density at radius 2 is 2.06 bits per heavy atom. The van der Waals surface area contributed by atoms with Gasteiger partial charge >= 0.3 is 5.97 Å². The third kappa shape index (κ3) is 11.8. The van der Waals surface area contributed by atoms with Crippen molar-refractivity contribution < 1.29 is 87.2 Å². The van der Waals surface area contributed by atoms with Crippen molar-refractivity contribution in [2.75, 3.05) is 18.1 Å². The molecule has 7 N–H and O–H groups in total. The molecule has 0 rings (SSSR count). The molecule has 0 aromatic rings. The number of carbonyl (C=O) groups is 1. The fourth-order valence-electron chi connectivity index (χ4n) is 0.632. The van der Waals surface area contributed by atoms with Gasteiger partial charge in [-0.1, -0.05) is 0 Å². The molecule has 0 amide bonds. The summed E-state index contributed by atoms with van der Waals surface area (Å²) in [5.74, 6) is 0.665. The maximum absolute atomic E-state index is 10.6. The number of amidine groups is 1. The fourth-order valence-corrected chi connectivity index (χ4v) is 1.54. The SMILES string of the molecule is CC(N)=NCCSC[C@](C)(N)C(=O)O.O.[Rn]. The molecule has 0 saturated carbocycles. The van der Waals surface area contributed by atoms with Gasteiger partial charge in [-0.2, -0.15) is 11.8 Å². The molecule has 16 heavy (non-hydrogen) atoms. The molecule has 0 spiro atoms. The summed E-state index contributed by atoms with van der Waals surface area (Å²) in [5.41, 5.74) is 9.69. The molecule has 98 valence electrons. The second-order valence-electron chi connectivity index (χ2n) is 3.30. The summed E-state index contributed by atoms with van der Waals surface area (Å²) >= 11 is 1.46. The maximum atomic E-state index is 10.6. The molecule has 6 nitrogen and oxygen atoms in total. The summed E-state index contributed by atoms with van der Waals surface area (Å²) in [7, 11) is 0. The Morgan fingerprint density at radius 1 is 1.56 bits per heavy atom. The van der Waals surface area contributed by atoms with Crippen LogP contribution in [0.4, 0.5) is 0 Å². The van der Waals surface area contributed by atoms with Crippen molar-refractivity contribution in [1.29, 1.82) is 0 Å². The van der Waals surface area contributed by atoms with Gasteiger partial charge in [0.1, 0.15) is 5.54 Å². The smallest absolute Gasteiger partial charge is 0.324 e. The van der Waals surface area contributed by atoms with E-state index in [9.17, 15) is 4.79 Å². The van der Waals surface area contributed by atoms with Crippen LogP contribution in [-0.2, 0) is 4.79 Å². The number of carboxylic acids is 1. The summed E-state index contributed by atoms with van der Waals surface area (Å²) in [5, 5.41) is 8.70. The van der Waals surface area contributed by atoms with Crippen molar-refractivity contribution >= 4 is 23.6 Å². The molecule has 0 aromatic heterocycles. The minimum Gasteiger partial charge on any atom is -0.480 e. The normalized spacial score (nSPS) is 14.3. The Hall–Kier alpha value is 1.33. The maximum Gasteiger partial charge on any atom is 0.324 e. The van der Waals surface area contributed by atoms with Crippen molar-refractivity contribution in [3.63, 3.8) is 0 Å². The summed E-state index contributed by atoms with van der Waals surface area (Å²) < 4.78 is 0. The van der Waals surface area contributed by atoms with Crippen LogP contribution >= 0.6 is 11.8 Å². The van der Waals surface area contributed by atoms with E-state index in [1.807, 2.05) is 0 Å². The molecule has 8 heteroatoms. The molecule has 0 aliphatic carbocycles. The first-order valence-electron chi connectivity index (χ1n) is 4.23. The molecule has 0 unspecified atom stereocenters. The van der Waals surface area contributed by atoms with Crippen molar-refractivity contribution in [3.05, 3.63) is 0 Å². The molecular weight excluding hydrogens is 440 g/mol. The van der Waals surface area contributed by atoms with E-state index in [0.717, 1.165) is 5.75 Å². The van der Waals surface area contributed by atoms with Crippen LogP contribution in [-0.4, -0.2) is 46.0 Å². The number of nitrogens with zero attached hydrogens (tertiary/aromatic N) is 1. The molecule has 0 fully saturated rings. The third-order valence-corrected chi connectivity index (χ3v) is 2.76. The van der Waals surface area contributed by atoms with Crippen LogP contribution in [0.1, 0.15) is 13.8 Å². The summed E-state index contributed by atoms with van der Waals surface area (Å²) in [6.07, 6.45) is 0. The quantitative estimate of drug-likeness (QED) is 0.268. The Labute approximate surface area is 162 Å². The van der Waals surface area contributed by atoms with E-state index in [1.54, 1.807) is 6.92 Å². The van der Waals surface area contributed by atoms with Gasteiger partial charge in [0, 0.05) is 89.9 Å². The summed E-state index contributed by atoms with van der Waals surface area (Å²) in [6, 6.07) is 0. The van der Waals surface area contributed by atoms with E-state index in [0.29, 0.717) is 18.1 Å². The Balaban J connectivity index is -0.000000845. The number of rotatable bonds is 6. The van der Waals surface area contributed by atoms with Gasteiger partial charge in [0.05, 0.1) is 5.84 Å². The number of carboxylic acid groups (broad SMARTS) is 1. The number of nitrogens with two attached hydrogens (primary N) is 2. The van der Waals surface area contributed by atoms with Crippen molar-refractivity contribution in [1.82, 2.24) is 0 Å². The first-order chi connectivity index (χ1) is 6.36. The molecular formula is C8H19N3O3RnS. The van der Waals surface area contributed by atoms with E-state index >= 15 is 0 Å². The molecule has 0 aliphatic rings. The number of hydrogen-bond acceptors (Lipinski definition) is 4. The van der Waals surface area contributed by atoms with Crippen LogP contribution in [0.25, 0.3) is 0 Å². The van der Waals surface area contributed by atoms with Crippen molar-refractivity contribution in [3.8, 4) is 0 Å². The average Bonchev–Trinajstić information content (AvgIpc) is 2.02. The fraction of sp³-hybridized carbons (Fsp3) is 0.750. The van der Waals surface area contributed by atoms with Gasteiger partial charge in [-0.25, -0.2) is 0 Å². The van der Waals surface area contributed by atoms with Crippen LogP contribution in [0.3, 0.4) is 0 Å². The van der Waals surface area contributed by atoms with Crippen LogP contribution < -0.4 is 11.5 Å². The van der Waals surface area contributed by atoms with E-state index in [2.05, 4.69) is 4.99 Å². The first kappa shape index (κ1) is 22.5. The molecule has 0 bridgehead atoms. The Bertz CT molecular complexity index is 233. The Kier molecular flexibility index (Phi) is 16.1. The topological polar surface area (TPSA) is 133 Å². The van der Waals surface area contributed by atoms with Crippen molar-refractivity contribution in [2.45, 2.75) is 19.4 Å². The number of aliphatic carboxylic acids is 1. The van der Waals surface area contributed by atoms with E-state index < -0.39 is 11.5 Å². The van der Waals surface area contributed by atoms with Crippen LogP contribution in [0, 0.1) is 71.9 Å². The standard InChI is InChI=1S/C8H17N3O2S.H2O.Rn/c1-6(9)11-3-4-14-5-8(2,10)7(12)13;;/h3-5,10H2,1-2H3,(H2,9,11)(H,12,13);1H2;/t8-;;/m0../s1. The number of thioether (sulfide) groups is 1. The van der Waals surface area contributed by atoms with Gasteiger partial charge in [-0.3, -0.25) is 9.79 Å². The van der Waals surface area contributed by atoms with Crippen LogP contribution in [0.15, 0.2) is 4.99 Å². The first-order valence-corrected chi connectivity index (χ1v) is 5.38. The van der Waals surface area contributed by atoms with E-state index in [-0.39, 0.29) is 77.3 Å².